The van der Waals surface area contributed by atoms with Crippen LogP contribution in [0.3, 0.4) is 0 Å². The Morgan fingerprint density at radius 2 is 1.83 bits per heavy atom. The summed E-state index contributed by atoms with van der Waals surface area (Å²) in [7, 11) is -4.16. The van der Waals surface area contributed by atoms with Crippen molar-refractivity contribution in [2.45, 2.75) is 48.8 Å². The predicted octanol–water partition coefficient (Wildman–Crippen LogP) is 1.70. The zero-order valence-electron chi connectivity index (χ0n) is 18.9. The van der Waals surface area contributed by atoms with Gasteiger partial charge in [-0.25, -0.2) is 18.2 Å². The average molecular weight is 502 g/mol. The van der Waals surface area contributed by atoms with Crippen LogP contribution in [0.1, 0.15) is 32.1 Å². The Kier molecular flexibility index (Phi) is 7.31. The van der Waals surface area contributed by atoms with E-state index in [1.54, 1.807) is 12.3 Å². The molecule has 12 heteroatoms. The zero-order chi connectivity index (χ0) is 24.9. The van der Waals surface area contributed by atoms with Gasteiger partial charge in [0.25, 0.3) is 5.91 Å². The lowest BCUT2D eigenvalue weighted by atomic mass is 9.76. The van der Waals surface area contributed by atoms with Crippen LogP contribution in [0.4, 0.5) is 5.82 Å². The van der Waals surface area contributed by atoms with Crippen LogP contribution in [-0.2, 0) is 24.4 Å². The number of amides is 1. The highest BCUT2D eigenvalue weighted by molar-refractivity contribution is 7.89. The maximum Gasteiger partial charge on any atom is 0.342 e. The Balaban J connectivity index is 1.29. The van der Waals surface area contributed by atoms with Gasteiger partial charge >= 0.3 is 5.97 Å². The van der Waals surface area contributed by atoms with Crippen LogP contribution in [0.15, 0.2) is 64.8 Å². The van der Waals surface area contributed by atoms with Gasteiger partial charge in [0.1, 0.15) is 17.1 Å². The van der Waals surface area contributed by atoms with Gasteiger partial charge in [-0.05, 0) is 55.9 Å². The molecule has 1 fully saturated rings. The minimum atomic E-state index is -4.16. The van der Waals surface area contributed by atoms with E-state index in [0.717, 1.165) is 25.2 Å². The molecule has 0 unspecified atom stereocenters. The second kappa shape index (κ2) is 10.4. The molecule has 1 amide bonds. The van der Waals surface area contributed by atoms with Crippen molar-refractivity contribution in [2.75, 3.05) is 11.9 Å². The van der Waals surface area contributed by atoms with Crippen molar-refractivity contribution >= 4 is 33.4 Å². The topological polar surface area (TPSA) is 159 Å². The summed E-state index contributed by atoms with van der Waals surface area (Å²) in [6, 6.07) is 13.0. The number of aliphatic carboxylic acids is 1. The van der Waals surface area contributed by atoms with E-state index in [2.05, 4.69) is 20.8 Å². The molecule has 1 atom stereocenters. The van der Waals surface area contributed by atoms with Gasteiger partial charge in [-0.2, -0.15) is 4.72 Å². The number of nitrogens with one attached hydrogen (secondary N) is 3. The molecule has 2 heterocycles. The fourth-order valence-electron chi connectivity index (χ4n) is 4.21. The summed E-state index contributed by atoms with van der Waals surface area (Å²) < 4.78 is 27.0. The van der Waals surface area contributed by atoms with E-state index in [9.17, 15) is 23.1 Å². The van der Waals surface area contributed by atoms with Crippen LogP contribution in [0, 0.1) is 5.92 Å². The van der Waals surface area contributed by atoms with Crippen LogP contribution in [0.5, 0.6) is 0 Å². The quantitative estimate of drug-likeness (QED) is 0.378. The monoisotopic (exact) mass is 501 g/mol. The Hall–Kier alpha value is -3.51. The number of carbonyl (C=O) groups is 2. The first-order valence-electron chi connectivity index (χ1n) is 11.3. The van der Waals surface area contributed by atoms with E-state index >= 15 is 0 Å². The van der Waals surface area contributed by atoms with E-state index in [4.69, 9.17) is 4.84 Å². The fourth-order valence-corrected chi connectivity index (χ4v) is 5.34. The van der Waals surface area contributed by atoms with Crippen LogP contribution >= 0.6 is 0 Å². The third-order valence-corrected chi connectivity index (χ3v) is 7.64. The average Bonchev–Trinajstić information content (AvgIpc) is 3.28. The number of oxime groups is 1. The molecule has 4 N–H and O–H groups in total. The smallest absolute Gasteiger partial charge is 0.342 e. The maximum absolute atomic E-state index is 12.7. The summed E-state index contributed by atoms with van der Waals surface area (Å²) in [4.78, 5) is 34.1. The van der Waals surface area contributed by atoms with E-state index < -0.39 is 33.7 Å². The SMILES string of the molecule is O=C(N[C@H](NS(=O)(=O)c1ccccc1)C(=O)O)C1=NOC2(CCC(CNc3ccccn3)CC2)C1. The molecule has 11 nitrogen and oxygen atoms in total. The van der Waals surface area contributed by atoms with Gasteiger partial charge in [0.05, 0.1) is 4.90 Å². The van der Waals surface area contributed by atoms with Crippen LogP contribution in [0.25, 0.3) is 0 Å². The number of carboxylic acids is 1. The number of carboxylic acid groups (broad SMARTS) is 1. The van der Waals surface area contributed by atoms with E-state index in [1.807, 2.05) is 22.9 Å². The Morgan fingerprint density at radius 3 is 2.49 bits per heavy atom. The van der Waals surface area contributed by atoms with Gasteiger partial charge < -0.3 is 20.6 Å². The van der Waals surface area contributed by atoms with E-state index in [-0.39, 0.29) is 17.0 Å². The van der Waals surface area contributed by atoms with Crippen molar-refractivity contribution in [2.24, 2.45) is 11.1 Å². The second-order valence-corrected chi connectivity index (χ2v) is 10.4. The van der Waals surface area contributed by atoms with Crippen molar-refractivity contribution < 1.29 is 28.0 Å². The molecule has 1 aliphatic heterocycles. The molecule has 2 aromatic rings. The number of benzene rings is 1. The van der Waals surface area contributed by atoms with Crippen LogP contribution in [-0.4, -0.2) is 54.4 Å². The Labute approximate surface area is 203 Å². The number of rotatable bonds is 9. The zero-order valence-corrected chi connectivity index (χ0v) is 19.7. The standard InChI is InChI=1S/C23H27N5O6S/c29-21(26-20(22(30)31)28-35(32,33)17-6-2-1-3-7-17)18-14-23(34-27-18)11-9-16(10-12-23)15-25-19-8-4-5-13-24-19/h1-8,13,16,20,28H,9-12,14-15H2,(H,24,25)(H,26,29)(H,30,31)/t16?,20-,23?/m1/s1. The number of anilines is 1. The summed E-state index contributed by atoms with van der Waals surface area (Å²) in [5.41, 5.74) is -0.559. The first-order valence-corrected chi connectivity index (χ1v) is 12.8. The first-order chi connectivity index (χ1) is 16.8. The number of aromatic nitrogens is 1. The molecule has 1 aliphatic carbocycles. The van der Waals surface area contributed by atoms with Crippen LogP contribution < -0.4 is 15.4 Å². The number of pyridine rings is 1. The highest BCUT2D eigenvalue weighted by atomic mass is 32.2. The van der Waals surface area contributed by atoms with E-state index in [1.165, 1.54) is 24.3 Å². The van der Waals surface area contributed by atoms with Crippen molar-refractivity contribution in [1.82, 2.24) is 15.0 Å². The minimum Gasteiger partial charge on any atom is -0.479 e. The molecule has 4 rings (SSSR count). The lowest BCUT2D eigenvalue weighted by molar-refractivity contribution is -0.141. The van der Waals surface area contributed by atoms with Gasteiger partial charge in [0.15, 0.2) is 6.17 Å². The molecule has 1 spiro atoms. The summed E-state index contributed by atoms with van der Waals surface area (Å²) >= 11 is 0. The third kappa shape index (κ3) is 6.14. The van der Waals surface area contributed by atoms with Gasteiger partial charge in [-0.1, -0.05) is 29.4 Å². The number of sulfonamides is 1. The van der Waals surface area contributed by atoms with Gasteiger partial charge in [0, 0.05) is 19.2 Å². The summed E-state index contributed by atoms with van der Waals surface area (Å²) in [6.07, 6.45) is 3.25. The molecule has 1 aromatic carbocycles. The Bertz CT molecular complexity index is 1180. The first kappa shape index (κ1) is 24.6. The minimum absolute atomic E-state index is 0.0419. The third-order valence-electron chi connectivity index (χ3n) is 6.20. The molecular formula is C23H27N5O6S. The second-order valence-electron chi connectivity index (χ2n) is 8.71. The van der Waals surface area contributed by atoms with Crippen molar-refractivity contribution in [3.05, 3.63) is 54.7 Å². The molecule has 1 aromatic heterocycles. The van der Waals surface area contributed by atoms with Crippen molar-refractivity contribution in [3.8, 4) is 0 Å². The molecule has 0 radical (unpaired) electrons. The van der Waals surface area contributed by atoms with Gasteiger partial charge in [-0.15, -0.1) is 0 Å². The van der Waals surface area contributed by atoms with Crippen molar-refractivity contribution in [1.29, 1.82) is 0 Å². The molecule has 0 bridgehead atoms. The molecule has 35 heavy (non-hydrogen) atoms. The summed E-state index contributed by atoms with van der Waals surface area (Å²) in [5, 5.41) is 18.9. The van der Waals surface area contributed by atoms with Crippen LogP contribution in [0.2, 0.25) is 0 Å². The highest BCUT2D eigenvalue weighted by Gasteiger charge is 2.44. The van der Waals surface area contributed by atoms with Gasteiger partial charge in [-0.3, -0.25) is 4.79 Å². The summed E-state index contributed by atoms with van der Waals surface area (Å²) in [5.74, 6) is -1.09. The molecule has 1 saturated carbocycles. The molecule has 2 aliphatic rings. The number of hydrogen-bond donors (Lipinski definition) is 4. The van der Waals surface area contributed by atoms with Gasteiger partial charge in [0.2, 0.25) is 10.0 Å². The normalized spacial score (nSPS) is 22.6. The summed E-state index contributed by atoms with van der Waals surface area (Å²) in [6.45, 7) is 0.781. The lowest BCUT2D eigenvalue weighted by Gasteiger charge is -2.35. The Morgan fingerprint density at radius 1 is 1.11 bits per heavy atom. The van der Waals surface area contributed by atoms with Crippen molar-refractivity contribution in [3.63, 3.8) is 0 Å². The number of hydrogen-bond acceptors (Lipinski definition) is 8. The lowest BCUT2D eigenvalue weighted by Crippen LogP contribution is -2.54. The fraction of sp³-hybridized carbons (Fsp3) is 0.391. The highest BCUT2D eigenvalue weighted by Crippen LogP contribution is 2.40. The van der Waals surface area contributed by atoms with E-state index in [0.29, 0.717) is 18.8 Å². The molecule has 0 saturated heterocycles. The number of carbonyl (C=O) groups excluding carboxylic acids is 1. The number of nitrogens with zero attached hydrogens (tertiary/aromatic N) is 2. The predicted molar refractivity (Wildman–Crippen MR) is 127 cm³/mol. The molecule has 186 valence electrons. The molecular weight excluding hydrogens is 474 g/mol. The largest absolute Gasteiger partial charge is 0.479 e. The maximum atomic E-state index is 12.7.